The molecule has 0 spiro atoms. The first kappa shape index (κ1) is 22.2. The summed E-state index contributed by atoms with van der Waals surface area (Å²) in [5.74, 6) is -0.881. The first-order chi connectivity index (χ1) is 16.5. The number of halogens is 1. The number of ether oxygens (including phenoxy) is 1. The maximum Gasteiger partial charge on any atom is 0.343 e. The number of hydrogen-bond acceptors (Lipinski definition) is 5. The van der Waals surface area contributed by atoms with Crippen LogP contribution in [-0.2, 0) is 9.59 Å². The molecule has 1 heterocycles. The van der Waals surface area contributed by atoms with Crippen molar-refractivity contribution in [2.24, 2.45) is 0 Å². The number of anilines is 1. The summed E-state index contributed by atoms with van der Waals surface area (Å²) in [6, 6.07) is 19.7. The van der Waals surface area contributed by atoms with E-state index in [0.717, 1.165) is 42.9 Å². The van der Waals surface area contributed by atoms with E-state index in [0.29, 0.717) is 17.0 Å². The van der Waals surface area contributed by atoms with E-state index in [1.54, 1.807) is 30.3 Å². The second-order valence-corrected chi connectivity index (χ2v) is 8.94. The molecule has 1 saturated carbocycles. The molecule has 1 aliphatic heterocycles. The molecule has 1 N–H and O–H groups in total. The summed E-state index contributed by atoms with van der Waals surface area (Å²) in [6.45, 7) is 0. The van der Waals surface area contributed by atoms with E-state index in [1.165, 1.54) is 4.90 Å². The summed E-state index contributed by atoms with van der Waals surface area (Å²) in [4.78, 5) is 39.4. The predicted octanol–water partition coefficient (Wildman–Crippen LogP) is 5.62. The van der Waals surface area contributed by atoms with Crippen LogP contribution in [0, 0.1) is 0 Å². The summed E-state index contributed by atoms with van der Waals surface area (Å²) < 4.78 is 5.52. The van der Waals surface area contributed by atoms with Crippen molar-refractivity contribution in [3.63, 3.8) is 0 Å². The zero-order valence-corrected chi connectivity index (χ0v) is 19.2. The molecule has 0 saturated heterocycles. The van der Waals surface area contributed by atoms with Crippen LogP contribution >= 0.6 is 11.6 Å². The lowest BCUT2D eigenvalue weighted by Gasteiger charge is -2.29. The molecule has 1 fully saturated rings. The van der Waals surface area contributed by atoms with E-state index in [4.69, 9.17) is 16.3 Å². The number of nitrogens with zero attached hydrogens (tertiary/aromatic N) is 1. The molecule has 6 nitrogen and oxygen atoms in total. The molecule has 0 atom stereocenters. The van der Waals surface area contributed by atoms with Gasteiger partial charge >= 0.3 is 5.97 Å². The quantitative estimate of drug-likeness (QED) is 0.295. The normalized spacial score (nSPS) is 16.9. The van der Waals surface area contributed by atoms with Crippen molar-refractivity contribution in [3.05, 3.63) is 83.0 Å². The Hall–Kier alpha value is -3.64. The average molecular weight is 475 g/mol. The lowest BCUT2D eigenvalue weighted by atomic mass is 9.94. The van der Waals surface area contributed by atoms with Gasteiger partial charge in [-0.05, 0) is 60.0 Å². The minimum absolute atomic E-state index is 0.0729. The summed E-state index contributed by atoms with van der Waals surface area (Å²) >= 11 is 6.23. The molecular weight excluding hydrogens is 452 g/mol. The molecule has 172 valence electrons. The number of carbonyl (C=O) groups is 3. The Balaban J connectivity index is 1.26. The Morgan fingerprint density at radius 3 is 2.32 bits per heavy atom. The van der Waals surface area contributed by atoms with Crippen molar-refractivity contribution in [3.8, 4) is 5.75 Å². The number of nitrogens with one attached hydrogen (secondary N) is 1. The number of imide groups is 1. The summed E-state index contributed by atoms with van der Waals surface area (Å²) in [7, 11) is 0. The second-order valence-electron chi connectivity index (χ2n) is 8.56. The van der Waals surface area contributed by atoms with Crippen molar-refractivity contribution in [2.45, 2.75) is 38.1 Å². The van der Waals surface area contributed by atoms with Gasteiger partial charge in [-0.2, -0.15) is 0 Å². The highest BCUT2D eigenvalue weighted by molar-refractivity contribution is 6.48. The molecule has 0 unspecified atom stereocenters. The number of rotatable bonds is 5. The van der Waals surface area contributed by atoms with Crippen LogP contribution in [0.25, 0.3) is 10.8 Å². The number of carbonyl (C=O) groups excluding carboxylic acids is 3. The van der Waals surface area contributed by atoms with Crippen molar-refractivity contribution in [1.29, 1.82) is 0 Å². The molecule has 0 bridgehead atoms. The van der Waals surface area contributed by atoms with E-state index < -0.39 is 17.8 Å². The fourth-order valence-electron chi connectivity index (χ4n) is 4.53. The molecule has 3 aromatic rings. The number of amides is 2. The van der Waals surface area contributed by atoms with Crippen LogP contribution < -0.4 is 10.1 Å². The maximum atomic E-state index is 12.9. The van der Waals surface area contributed by atoms with Crippen molar-refractivity contribution >= 4 is 45.8 Å². The molecule has 7 heteroatoms. The number of benzene rings is 3. The fraction of sp³-hybridized carbons (Fsp3) is 0.222. The van der Waals surface area contributed by atoms with Gasteiger partial charge in [0, 0.05) is 11.7 Å². The molecule has 0 aromatic heterocycles. The summed E-state index contributed by atoms with van der Waals surface area (Å²) in [5.41, 5.74) is 0.974. The molecule has 34 heavy (non-hydrogen) atoms. The van der Waals surface area contributed by atoms with E-state index in [-0.39, 0.29) is 16.8 Å². The summed E-state index contributed by atoms with van der Waals surface area (Å²) in [5, 5.41) is 4.90. The highest BCUT2D eigenvalue weighted by Gasteiger charge is 2.42. The van der Waals surface area contributed by atoms with Gasteiger partial charge in [0.2, 0.25) is 0 Å². The van der Waals surface area contributed by atoms with Crippen LogP contribution in [0.4, 0.5) is 5.69 Å². The standard InChI is InChI=1S/C27H23ClN2O4/c28-23-24(26(32)30(25(23)31)21-8-2-1-3-9-21)29-20-13-10-18(11-14-20)27(33)34-22-15-12-17-6-4-5-7-19(17)16-22/h4-7,10-16,21,29H,1-3,8-9H2. The van der Waals surface area contributed by atoms with Crippen molar-refractivity contribution in [1.82, 2.24) is 4.90 Å². The van der Waals surface area contributed by atoms with Crippen molar-refractivity contribution in [2.75, 3.05) is 5.32 Å². The Morgan fingerprint density at radius 1 is 0.882 bits per heavy atom. The van der Waals surface area contributed by atoms with Gasteiger partial charge in [0.05, 0.1) is 5.56 Å². The van der Waals surface area contributed by atoms with Gasteiger partial charge in [-0.25, -0.2) is 4.79 Å². The third-order valence-electron chi connectivity index (χ3n) is 6.32. The minimum Gasteiger partial charge on any atom is -0.423 e. The van der Waals surface area contributed by atoms with E-state index in [9.17, 15) is 14.4 Å². The number of esters is 1. The third-order valence-corrected chi connectivity index (χ3v) is 6.67. The molecule has 2 amide bonds. The van der Waals surface area contributed by atoms with E-state index >= 15 is 0 Å². The zero-order valence-electron chi connectivity index (χ0n) is 18.4. The maximum absolute atomic E-state index is 12.9. The van der Waals surface area contributed by atoms with Crippen LogP contribution in [0.3, 0.4) is 0 Å². The molecule has 1 aliphatic carbocycles. The van der Waals surface area contributed by atoms with Crippen LogP contribution in [0.5, 0.6) is 5.75 Å². The predicted molar refractivity (Wildman–Crippen MR) is 131 cm³/mol. The van der Waals surface area contributed by atoms with Gasteiger partial charge in [0.15, 0.2) is 0 Å². The number of hydrogen-bond donors (Lipinski definition) is 1. The first-order valence-corrected chi connectivity index (χ1v) is 11.7. The van der Waals surface area contributed by atoms with Crippen molar-refractivity contribution < 1.29 is 19.1 Å². The highest BCUT2D eigenvalue weighted by atomic mass is 35.5. The van der Waals surface area contributed by atoms with Gasteiger partial charge in [-0.1, -0.05) is 61.2 Å². The molecule has 3 aromatic carbocycles. The van der Waals surface area contributed by atoms with Gasteiger partial charge in [0.1, 0.15) is 16.5 Å². The van der Waals surface area contributed by atoms with Gasteiger partial charge in [-0.15, -0.1) is 0 Å². The molecule has 2 aliphatic rings. The Labute approximate surface area is 202 Å². The Morgan fingerprint density at radius 2 is 1.59 bits per heavy atom. The van der Waals surface area contributed by atoms with Gasteiger partial charge in [-0.3, -0.25) is 14.5 Å². The Bertz CT molecular complexity index is 1310. The van der Waals surface area contributed by atoms with Crippen LogP contribution in [0.2, 0.25) is 0 Å². The average Bonchev–Trinajstić information content (AvgIpc) is 3.08. The molecule has 0 radical (unpaired) electrons. The van der Waals surface area contributed by atoms with Crippen LogP contribution in [0.1, 0.15) is 42.5 Å². The minimum atomic E-state index is -0.491. The first-order valence-electron chi connectivity index (χ1n) is 11.4. The van der Waals surface area contributed by atoms with Gasteiger partial charge < -0.3 is 10.1 Å². The second kappa shape index (κ2) is 9.31. The Kier molecular flexibility index (Phi) is 6.07. The monoisotopic (exact) mass is 474 g/mol. The van der Waals surface area contributed by atoms with Crippen LogP contribution in [0.15, 0.2) is 77.5 Å². The van der Waals surface area contributed by atoms with E-state index in [1.807, 2.05) is 36.4 Å². The molecular formula is C27H23ClN2O4. The number of fused-ring (bicyclic) bond motifs is 1. The van der Waals surface area contributed by atoms with Gasteiger partial charge in [0.25, 0.3) is 11.8 Å². The lowest BCUT2D eigenvalue weighted by Crippen LogP contribution is -2.42. The topological polar surface area (TPSA) is 75.7 Å². The largest absolute Gasteiger partial charge is 0.423 e. The zero-order chi connectivity index (χ0) is 23.7. The molecule has 5 rings (SSSR count). The third kappa shape index (κ3) is 4.29. The van der Waals surface area contributed by atoms with Crippen LogP contribution in [-0.4, -0.2) is 28.7 Å². The van der Waals surface area contributed by atoms with E-state index in [2.05, 4.69) is 5.32 Å². The highest BCUT2D eigenvalue weighted by Crippen LogP contribution is 2.32. The lowest BCUT2D eigenvalue weighted by molar-refractivity contribution is -0.140. The smallest absolute Gasteiger partial charge is 0.343 e. The SMILES string of the molecule is O=C(Oc1ccc2ccccc2c1)c1ccc(NC2=C(Cl)C(=O)N(C3CCCCC3)C2=O)cc1. The fourth-order valence-corrected chi connectivity index (χ4v) is 4.75. The summed E-state index contributed by atoms with van der Waals surface area (Å²) in [6.07, 6.45) is 4.73.